The van der Waals surface area contributed by atoms with E-state index in [9.17, 15) is 9.59 Å². The molecule has 3 rings (SSSR count). The number of nitrogens with one attached hydrogen (secondary N) is 1. The predicted octanol–water partition coefficient (Wildman–Crippen LogP) is 3.19. The lowest BCUT2D eigenvalue weighted by atomic mass is 10.2. The third kappa shape index (κ3) is 3.76. The summed E-state index contributed by atoms with van der Waals surface area (Å²) in [5.41, 5.74) is 1.31. The monoisotopic (exact) mass is 362 g/mol. The van der Waals surface area contributed by atoms with Crippen molar-refractivity contribution in [2.24, 2.45) is 0 Å². The molecule has 1 fully saturated rings. The molecule has 0 spiro atoms. The summed E-state index contributed by atoms with van der Waals surface area (Å²) in [7, 11) is 0. The van der Waals surface area contributed by atoms with Gasteiger partial charge in [0.2, 0.25) is 0 Å². The van der Waals surface area contributed by atoms with Crippen molar-refractivity contribution in [3.63, 3.8) is 0 Å². The van der Waals surface area contributed by atoms with Crippen LogP contribution in [0.4, 0.5) is 15.3 Å². The molecule has 0 saturated carbocycles. The molecule has 25 heavy (non-hydrogen) atoms. The van der Waals surface area contributed by atoms with Crippen molar-refractivity contribution >= 4 is 40.3 Å². The highest BCUT2D eigenvalue weighted by Gasteiger charge is 2.25. The maximum Gasteiger partial charge on any atom is 0.409 e. The molecule has 0 atom stereocenters. The number of hydrogen-bond acceptors (Lipinski definition) is 4. The molecular formula is C17H19ClN4O3. The zero-order valence-corrected chi connectivity index (χ0v) is 14.6. The molecular weight excluding hydrogens is 344 g/mol. The number of piperazine rings is 1. The summed E-state index contributed by atoms with van der Waals surface area (Å²) in [4.78, 5) is 31.8. The molecule has 8 heteroatoms. The molecule has 3 amide bonds. The Morgan fingerprint density at radius 2 is 1.92 bits per heavy atom. The van der Waals surface area contributed by atoms with Crippen LogP contribution in [0.1, 0.15) is 6.92 Å². The summed E-state index contributed by atoms with van der Waals surface area (Å²) >= 11 is 6.15. The number of amides is 3. The largest absolute Gasteiger partial charge is 0.450 e. The molecule has 132 valence electrons. The normalized spacial score (nSPS) is 14.5. The molecule has 1 aliphatic heterocycles. The highest BCUT2D eigenvalue weighted by atomic mass is 35.5. The number of benzene rings is 1. The molecule has 1 aromatic heterocycles. The van der Waals surface area contributed by atoms with Crippen molar-refractivity contribution in [2.45, 2.75) is 6.92 Å². The van der Waals surface area contributed by atoms with E-state index in [-0.39, 0.29) is 12.1 Å². The first-order valence-electron chi connectivity index (χ1n) is 8.11. The van der Waals surface area contributed by atoms with E-state index in [1.807, 2.05) is 6.07 Å². The SMILES string of the molecule is CCOC(=O)N1CCN(C(=O)Nc2ccc(Cl)c3ncccc23)CC1. The van der Waals surface area contributed by atoms with Gasteiger partial charge in [0, 0.05) is 37.8 Å². The minimum absolute atomic E-state index is 0.212. The number of hydrogen-bond donors (Lipinski definition) is 1. The van der Waals surface area contributed by atoms with E-state index in [1.54, 1.807) is 41.1 Å². The Labute approximate surface area is 150 Å². The average molecular weight is 363 g/mol. The molecule has 1 aromatic carbocycles. The Kier molecular flexibility index (Phi) is 5.23. The maximum absolute atomic E-state index is 12.5. The second-order valence-electron chi connectivity index (χ2n) is 5.60. The first-order valence-corrected chi connectivity index (χ1v) is 8.49. The fraction of sp³-hybridized carbons (Fsp3) is 0.353. The van der Waals surface area contributed by atoms with Crippen LogP contribution in [0.3, 0.4) is 0 Å². The van der Waals surface area contributed by atoms with Gasteiger partial charge in [-0.25, -0.2) is 9.59 Å². The van der Waals surface area contributed by atoms with Gasteiger partial charge in [-0.15, -0.1) is 0 Å². The lowest BCUT2D eigenvalue weighted by Gasteiger charge is -2.34. The number of nitrogens with zero attached hydrogens (tertiary/aromatic N) is 3. The Balaban J connectivity index is 1.66. The minimum Gasteiger partial charge on any atom is -0.450 e. The van der Waals surface area contributed by atoms with Crippen LogP contribution in [0, 0.1) is 0 Å². The van der Waals surface area contributed by atoms with Gasteiger partial charge in [0.05, 0.1) is 22.8 Å². The van der Waals surface area contributed by atoms with E-state index in [0.29, 0.717) is 49.0 Å². The highest BCUT2D eigenvalue weighted by molar-refractivity contribution is 6.35. The fourth-order valence-electron chi connectivity index (χ4n) is 2.75. The van der Waals surface area contributed by atoms with Crippen molar-refractivity contribution in [3.05, 3.63) is 35.5 Å². The third-order valence-electron chi connectivity index (χ3n) is 4.05. The number of anilines is 1. The van der Waals surface area contributed by atoms with Gasteiger partial charge in [0.25, 0.3) is 0 Å². The summed E-state index contributed by atoms with van der Waals surface area (Å²) in [5.74, 6) is 0. The van der Waals surface area contributed by atoms with Gasteiger partial charge in [-0.2, -0.15) is 0 Å². The van der Waals surface area contributed by atoms with E-state index < -0.39 is 0 Å². The first kappa shape index (κ1) is 17.3. The Morgan fingerprint density at radius 3 is 2.64 bits per heavy atom. The van der Waals surface area contributed by atoms with Gasteiger partial charge in [0.15, 0.2) is 0 Å². The van der Waals surface area contributed by atoms with Crippen molar-refractivity contribution in [2.75, 3.05) is 38.1 Å². The number of carbonyl (C=O) groups is 2. The molecule has 7 nitrogen and oxygen atoms in total. The van der Waals surface area contributed by atoms with Crippen molar-refractivity contribution in [1.82, 2.24) is 14.8 Å². The number of ether oxygens (including phenoxy) is 1. The molecule has 2 heterocycles. The van der Waals surface area contributed by atoms with Crippen LogP contribution in [0.5, 0.6) is 0 Å². The number of carbonyl (C=O) groups excluding carboxylic acids is 2. The van der Waals surface area contributed by atoms with Crippen LogP contribution in [-0.4, -0.2) is 59.7 Å². The fourth-order valence-corrected chi connectivity index (χ4v) is 2.96. The number of rotatable bonds is 2. The quantitative estimate of drug-likeness (QED) is 0.890. The first-order chi connectivity index (χ1) is 12.1. The molecule has 1 saturated heterocycles. The minimum atomic E-state index is -0.336. The van der Waals surface area contributed by atoms with Crippen LogP contribution < -0.4 is 5.32 Å². The molecule has 0 aliphatic carbocycles. The van der Waals surface area contributed by atoms with Crippen LogP contribution in [-0.2, 0) is 4.74 Å². The topological polar surface area (TPSA) is 74.8 Å². The van der Waals surface area contributed by atoms with Gasteiger partial charge in [-0.05, 0) is 31.2 Å². The number of fused-ring (bicyclic) bond motifs is 1. The molecule has 1 N–H and O–H groups in total. The van der Waals surface area contributed by atoms with E-state index in [2.05, 4.69) is 10.3 Å². The summed E-state index contributed by atoms with van der Waals surface area (Å²) < 4.78 is 4.98. The predicted molar refractivity (Wildman–Crippen MR) is 95.9 cm³/mol. The lowest BCUT2D eigenvalue weighted by molar-refractivity contribution is 0.0869. The van der Waals surface area contributed by atoms with Crippen molar-refractivity contribution in [1.29, 1.82) is 0 Å². The second kappa shape index (κ2) is 7.57. The number of aromatic nitrogens is 1. The molecule has 1 aliphatic rings. The average Bonchev–Trinajstić information content (AvgIpc) is 2.64. The molecule has 0 radical (unpaired) electrons. The Hall–Kier alpha value is -2.54. The van der Waals surface area contributed by atoms with E-state index >= 15 is 0 Å². The van der Waals surface area contributed by atoms with Crippen molar-refractivity contribution < 1.29 is 14.3 Å². The van der Waals surface area contributed by atoms with Gasteiger partial charge in [-0.1, -0.05) is 11.6 Å². The summed E-state index contributed by atoms with van der Waals surface area (Å²) in [6.07, 6.45) is 1.33. The maximum atomic E-state index is 12.5. The van der Waals surface area contributed by atoms with E-state index in [1.165, 1.54) is 0 Å². The highest BCUT2D eigenvalue weighted by Crippen LogP contribution is 2.28. The van der Waals surface area contributed by atoms with Crippen LogP contribution in [0.15, 0.2) is 30.5 Å². The summed E-state index contributed by atoms with van der Waals surface area (Å²) in [6, 6.07) is 6.93. The zero-order chi connectivity index (χ0) is 17.8. The lowest BCUT2D eigenvalue weighted by Crippen LogP contribution is -2.51. The number of urea groups is 1. The zero-order valence-electron chi connectivity index (χ0n) is 13.9. The second-order valence-corrected chi connectivity index (χ2v) is 6.00. The smallest absolute Gasteiger partial charge is 0.409 e. The van der Waals surface area contributed by atoms with Crippen LogP contribution >= 0.6 is 11.6 Å². The van der Waals surface area contributed by atoms with E-state index in [4.69, 9.17) is 16.3 Å². The number of pyridine rings is 1. The van der Waals surface area contributed by atoms with Gasteiger partial charge < -0.3 is 19.9 Å². The van der Waals surface area contributed by atoms with Crippen LogP contribution in [0.25, 0.3) is 10.9 Å². The Morgan fingerprint density at radius 1 is 1.20 bits per heavy atom. The Bertz CT molecular complexity index is 791. The molecule has 0 unspecified atom stereocenters. The van der Waals surface area contributed by atoms with Crippen molar-refractivity contribution in [3.8, 4) is 0 Å². The van der Waals surface area contributed by atoms with Crippen LogP contribution in [0.2, 0.25) is 5.02 Å². The third-order valence-corrected chi connectivity index (χ3v) is 4.36. The van der Waals surface area contributed by atoms with Gasteiger partial charge in [0.1, 0.15) is 0 Å². The summed E-state index contributed by atoms with van der Waals surface area (Å²) in [5, 5.41) is 4.23. The summed E-state index contributed by atoms with van der Waals surface area (Å²) in [6.45, 7) is 3.93. The van der Waals surface area contributed by atoms with Gasteiger partial charge >= 0.3 is 12.1 Å². The molecule has 2 aromatic rings. The van der Waals surface area contributed by atoms with E-state index in [0.717, 1.165) is 5.39 Å². The standard InChI is InChI=1S/C17H19ClN4O3/c1-2-25-17(24)22-10-8-21(9-11-22)16(23)20-14-6-5-13(18)15-12(14)4-3-7-19-15/h3-7H,2,8-11H2,1H3,(H,20,23). The number of halogens is 1. The van der Waals surface area contributed by atoms with Gasteiger partial charge in [-0.3, -0.25) is 4.98 Å². The molecule has 0 bridgehead atoms.